The van der Waals surface area contributed by atoms with E-state index in [4.69, 9.17) is 0 Å². The Kier molecular flexibility index (Phi) is 4.92. The number of hydrogen-bond donors (Lipinski definition) is 3. The Bertz CT molecular complexity index is 325. The summed E-state index contributed by atoms with van der Waals surface area (Å²) >= 11 is 3.53. The number of nitrogens with one attached hydrogen (secondary N) is 2. The smallest absolute Gasteiger partial charge is 0.322 e. The van der Waals surface area contributed by atoms with Crippen molar-refractivity contribution in [1.82, 2.24) is 10.6 Å². The van der Waals surface area contributed by atoms with Crippen molar-refractivity contribution in [1.29, 1.82) is 0 Å². The first kappa shape index (κ1) is 13.2. The maximum absolute atomic E-state index is 10.8. The topological polar surface area (TPSA) is 92.3 Å². The fraction of sp³-hybridized carbons (Fsp3) is 0.667. The molecule has 1 heterocycles. The Morgan fingerprint density at radius 1 is 1.36 bits per heavy atom. The highest BCUT2D eigenvalue weighted by Crippen LogP contribution is 1.96. The zero-order chi connectivity index (χ0) is 11.4. The van der Waals surface area contributed by atoms with Crippen LogP contribution >= 0.6 is 12.6 Å². The van der Waals surface area contributed by atoms with Gasteiger partial charge in [0.05, 0.1) is 5.75 Å². The molecule has 0 aliphatic carbocycles. The van der Waals surface area contributed by atoms with Crippen LogP contribution in [0.3, 0.4) is 0 Å². The van der Waals surface area contributed by atoms with Crippen LogP contribution < -0.4 is 10.6 Å². The lowest BCUT2D eigenvalue weighted by molar-refractivity contribution is -0.119. The van der Waals surface area contributed by atoms with Crippen LogP contribution in [0.15, 0.2) is 0 Å². The number of carbonyl (C=O) groups is 2. The molecule has 6 nitrogen and oxygen atoms in total. The minimum absolute atomic E-state index is 0.357. The van der Waals surface area contributed by atoms with Gasteiger partial charge >= 0.3 is 6.03 Å². The van der Waals surface area contributed by atoms with Gasteiger partial charge in [0.25, 0.3) is 5.91 Å². The van der Waals surface area contributed by atoms with Gasteiger partial charge in [0.2, 0.25) is 0 Å². The quantitative estimate of drug-likeness (QED) is 0.417. The molecule has 3 amide bonds. The molecule has 1 saturated heterocycles. The van der Waals surface area contributed by atoms with Crippen LogP contribution in [0.4, 0.5) is 4.79 Å². The van der Waals surface area contributed by atoms with Crippen LogP contribution in [0, 0.1) is 0 Å². The first-order valence-electron chi connectivity index (χ1n) is 3.62. The van der Waals surface area contributed by atoms with E-state index < -0.39 is 27.8 Å². The molecule has 0 aromatic rings. The molecule has 1 fully saturated rings. The van der Waals surface area contributed by atoms with Gasteiger partial charge in [-0.3, -0.25) is 10.1 Å². The van der Waals surface area contributed by atoms with Crippen LogP contribution in [0.1, 0.15) is 0 Å². The molecule has 0 saturated carbocycles. The monoisotopic (exact) mass is 240 g/mol. The molecule has 0 aromatic carbocycles. The van der Waals surface area contributed by atoms with Gasteiger partial charge in [-0.1, -0.05) is 0 Å². The lowest BCUT2D eigenvalue weighted by Crippen LogP contribution is -2.35. The van der Waals surface area contributed by atoms with E-state index in [0.717, 1.165) is 6.26 Å². The highest BCUT2D eigenvalue weighted by Gasteiger charge is 2.31. The fourth-order valence-corrected chi connectivity index (χ4v) is 1.72. The third-order valence-electron chi connectivity index (χ3n) is 1.33. The molecule has 8 heteroatoms. The first-order valence-corrected chi connectivity index (χ1v) is 6.58. The summed E-state index contributed by atoms with van der Waals surface area (Å²) in [6.07, 6.45) is 2.70. The fourth-order valence-electron chi connectivity index (χ4n) is 0.879. The lowest BCUT2D eigenvalue weighted by Gasteiger charge is -2.03. The summed E-state index contributed by atoms with van der Waals surface area (Å²) in [5, 5.41) is 4.12. The molecule has 2 N–H and O–H groups in total. The summed E-state index contributed by atoms with van der Waals surface area (Å²) in [5.74, 6) is -0.949. The largest absolute Gasteiger partial charge is 0.325 e. The minimum Gasteiger partial charge on any atom is -0.325 e. The molecular formula is C6H12N2O4S2. The van der Waals surface area contributed by atoms with E-state index >= 15 is 0 Å². The van der Waals surface area contributed by atoms with Crippen molar-refractivity contribution in [2.24, 2.45) is 0 Å². The van der Waals surface area contributed by atoms with Crippen molar-refractivity contribution in [2.75, 3.05) is 18.3 Å². The molecule has 1 atom stereocenters. The second kappa shape index (κ2) is 5.20. The van der Waals surface area contributed by atoms with Crippen molar-refractivity contribution >= 4 is 34.4 Å². The Hall–Kier alpha value is -0.760. The molecular weight excluding hydrogens is 228 g/mol. The van der Waals surface area contributed by atoms with Gasteiger partial charge in [-0.05, 0) is 6.26 Å². The number of thiol groups is 1. The summed E-state index contributed by atoms with van der Waals surface area (Å²) in [6, 6.07) is -1.58. The zero-order valence-electron chi connectivity index (χ0n) is 7.77. The molecule has 0 radical (unpaired) electrons. The van der Waals surface area contributed by atoms with Crippen molar-refractivity contribution in [3.63, 3.8) is 0 Å². The summed E-state index contributed by atoms with van der Waals surface area (Å²) in [4.78, 5) is 21.3. The molecule has 0 bridgehead atoms. The Labute approximate surface area is 87.8 Å². The lowest BCUT2D eigenvalue weighted by atomic mass is 10.3. The summed E-state index contributed by atoms with van der Waals surface area (Å²) < 4.78 is 21.4. The van der Waals surface area contributed by atoms with E-state index in [1.807, 2.05) is 5.32 Å². The molecule has 1 rings (SSSR count). The first-order chi connectivity index (χ1) is 6.38. The van der Waals surface area contributed by atoms with Gasteiger partial charge < -0.3 is 5.32 Å². The molecule has 14 heavy (non-hydrogen) atoms. The number of urea groups is 1. The van der Waals surface area contributed by atoms with Crippen LogP contribution in [0.5, 0.6) is 0 Å². The Morgan fingerprint density at radius 3 is 2.14 bits per heavy atom. The second-order valence-electron chi connectivity index (χ2n) is 2.61. The van der Waals surface area contributed by atoms with Crippen molar-refractivity contribution in [3.8, 4) is 0 Å². The average molecular weight is 240 g/mol. The van der Waals surface area contributed by atoms with Crippen molar-refractivity contribution in [2.45, 2.75) is 6.04 Å². The van der Waals surface area contributed by atoms with Gasteiger partial charge in [0.15, 0.2) is 0 Å². The van der Waals surface area contributed by atoms with Gasteiger partial charge in [-0.25, -0.2) is 13.2 Å². The van der Waals surface area contributed by atoms with E-state index in [2.05, 4.69) is 17.9 Å². The van der Waals surface area contributed by atoms with Crippen molar-refractivity contribution in [3.05, 3.63) is 0 Å². The molecule has 0 unspecified atom stereocenters. The van der Waals surface area contributed by atoms with Crippen LogP contribution in [0.25, 0.3) is 0 Å². The highest BCUT2D eigenvalue weighted by molar-refractivity contribution is 7.90. The molecule has 1 aliphatic rings. The predicted molar refractivity (Wildman–Crippen MR) is 55.1 cm³/mol. The van der Waals surface area contributed by atoms with E-state index in [-0.39, 0.29) is 5.75 Å². The molecule has 82 valence electrons. The standard InChI is InChI=1S/C5H8N2O4S.CH4S/c1-12(10,11)2-3-4(8)7-5(9)6-3;1-2/h3H,2H2,1H3,(H2,6,7,8,9);2H,1H3/t3-;/m0./s1. The number of amides is 3. The minimum atomic E-state index is -3.24. The molecule has 0 spiro atoms. The highest BCUT2D eigenvalue weighted by atomic mass is 32.2. The van der Waals surface area contributed by atoms with Crippen LogP contribution in [-0.2, 0) is 14.6 Å². The van der Waals surface area contributed by atoms with Gasteiger partial charge in [0, 0.05) is 6.26 Å². The predicted octanol–water partition coefficient (Wildman–Crippen LogP) is -1.21. The van der Waals surface area contributed by atoms with E-state index in [0.29, 0.717) is 0 Å². The van der Waals surface area contributed by atoms with E-state index in [1.54, 1.807) is 6.26 Å². The van der Waals surface area contributed by atoms with Crippen LogP contribution in [0.2, 0.25) is 0 Å². The molecule has 0 aromatic heterocycles. The maximum Gasteiger partial charge on any atom is 0.322 e. The maximum atomic E-state index is 10.8. The van der Waals surface area contributed by atoms with E-state index in [9.17, 15) is 18.0 Å². The summed E-state index contributed by atoms with van der Waals surface area (Å²) in [7, 11) is -3.24. The number of imide groups is 1. The third kappa shape index (κ3) is 4.47. The normalized spacial score (nSPS) is 20.6. The zero-order valence-corrected chi connectivity index (χ0v) is 9.48. The SMILES string of the molecule is CS.CS(=O)(=O)C[C@@H]1NC(=O)NC1=O. The average Bonchev–Trinajstić information content (AvgIpc) is 2.31. The van der Waals surface area contributed by atoms with Crippen molar-refractivity contribution < 1.29 is 18.0 Å². The van der Waals surface area contributed by atoms with Gasteiger partial charge in [-0.2, -0.15) is 12.6 Å². The molecule has 1 aliphatic heterocycles. The number of hydrogen-bond acceptors (Lipinski definition) is 5. The number of carbonyl (C=O) groups excluding carboxylic acids is 2. The van der Waals surface area contributed by atoms with Crippen LogP contribution in [-0.4, -0.2) is 44.7 Å². The Morgan fingerprint density at radius 2 is 1.86 bits per heavy atom. The van der Waals surface area contributed by atoms with Gasteiger partial charge in [-0.15, -0.1) is 0 Å². The Balaban J connectivity index is 0.000000791. The number of rotatable bonds is 2. The number of sulfone groups is 1. The second-order valence-corrected chi connectivity index (χ2v) is 4.79. The van der Waals surface area contributed by atoms with Gasteiger partial charge in [0.1, 0.15) is 15.9 Å². The third-order valence-corrected chi connectivity index (χ3v) is 2.27. The summed E-state index contributed by atoms with van der Waals surface area (Å²) in [6.45, 7) is 0. The summed E-state index contributed by atoms with van der Waals surface area (Å²) in [5.41, 5.74) is 0. The van der Waals surface area contributed by atoms with E-state index in [1.165, 1.54) is 0 Å².